The Morgan fingerprint density at radius 3 is 2.46 bits per heavy atom. The molecule has 0 spiro atoms. The lowest BCUT2D eigenvalue weighted by Gasteiger charge is -2.26. The molecule has 0 radical (unpaired) electrons. The van der Waals surface area contributed by atoms with Crippen molar-refractivity contribution in [1.29, 1.82) is 0 Å². The number of rotatable bonds is 2. The second-order valence-corrected chi connectivity index (χ2v) is 3.93. The molecule has 1 aromatic carbocycles. The van der Waals surface area contributed by atoms with E-state index < -0.39 is 5.60 Å². The fourth-order valence-electron chi connectivity index (χ4n) is 1.18. The standard InChI is InChI=1S/C11H15FO/c1-8(11(2,3)13)9-5-4-6-10(12)7-9/h4-8,13H,1-3H3. The Labute approximate surface area is 78.2 Å². The Bertz CT molecular complexity index is 288. The van der Waals surface area contributed by atoms with Crippen LogP contribution >= 0.6 is 0 Å². The summed E-state index contributed by atoms with van der Waals surface area (Å²) in [6, 6.07) is 6.35. The average molecular weight is 182 g/mol. The Morgan fingerprint density at radius 2 is 2.00 bits per heavy atom. The van der Waals surface area contributed by atoms with Gasteiger partial charge in [0.1, 0.15) is 5.82 Å². The second-order valence-electron chi connectivity index (χ2n) is 3.93. The lowest BCUT2D eigenvalue weighted by Crippen LogP contribution is -2.26. The maximum Gasteiger partial charge on any atom is 0.123 e. The Hall–Kier alpha value is -0.890. The van der Waals surface area contributed by atoms with Crippen molar-refractivity contribution in [3.8, 4) is 0 Å². The molecule has 0 aliphatic carbocycles. The van der Waals surface area contributed by atoms with Gasteiger partial charge in [0, 0.05) is 5.92 Å². The van der Waals surface area contributed by atoms with E-state index in [4.69, 9.17) is 0 Å². The van der Waals surface area contributed by atoms with Crippen molar-refractivity contribution >= 4 is 0 Å². The highest BCUT2D eigenvalue weighted by molar-refractivity contribution is 5.22. The van der Waals surface area contributed by atoms with E-state index in [1.54, 1.807) is 19.9 Å². The van der Waals surface area contributed by atoms with Crippen molar-refractivity contribution in [3.63, 3.8) is 0 Å². The summed E-state index contributed by atoms with van der Waals surface area (Å²) in [4.78, 5) is 0. The van der Waals surface area contributed by atoms with Gasteiger partial charge in [-0.3, -0.25) is 0 Å². The van der Waals surface area contributed by atoms with Crippen LogP contribution in [-0.2, 0) is 0 Å². The van der Waals surface area contributed by atoms with Crippen molar-refractivity contribution in [2.24, 2.45) is 0 Å². The minimum absolute atomic E-state index is 0.0665. The first kappa shape index (κ1) is 10.2. The van der Waals surface area contributed by atoms with Gasteiger partial charge in [-0.2, -0.15) is 0 Å². The molecule has 72 valence electrons. The van der Waals surface area contributed by atoms with Gasteiger partial charge in [-0.1, -0.05) is 19.1 Å². The van der Waals surface area contributed by atoms with Crippen LogP contribution in [-0.4, -0.2) is 10.7 Å². The lowest BCUT2D eigenvalue weighted by molar-refractivity contribution is 0.0558. The molecule has 1 N–H and O–H groups in total. The van der Waals surface area contributed by atoms with Gasteiger partial charge in [0.05, 0.1) is 5.60 Å². The highest BCUT2D eigenvalue weighted by Gasteiger charge is 2.23. The van der Waals surface area contributed by atoms with Crippen LogP contribution in [0.2, 0.25) is 0 Å². The zero-order chi connectivity index (χ0) is 10.1. The number of aliphatic hydroxyl groups is 1. The predicted octanol–water partition coefficient (Wildman–Crippen LogP) is 2.70. The molecule has 0 aromatic heterocycles. The molecule has 0 amide bonds. The lowest BCUT2D eigenvalue weighted by atomic mass is 9.86. The van der Waals surface area contributed by atoms with Gasteiger partial charge in [-0.15, -0.1) is 0 Å². The minimum Gasteiger partial charge on any atom is -0.390 e. The molecule has 0 saturated carbocycles. The maximum absolute atomic E-state index is 12.8. The molecule has 0 aliphatic heterocycles. The summed E-state index contributed by atoms with van der Waals surface area (Å²) in [6.45, 7) is 5.33. The van der Waals surface area contributed by atoms with E-state index in [2.05, 4.69) is 0 Å². The maximum atomic E-state index is 12.8. The van der Waals surface area contributed by atoms with E-state index in [9.17, 15) is 9.50 Å². The fraction of sp³-hybridized carbons (Fsp3) is 0.455. The first-order valence-corrected chi connectivity index (χ1v) is 4.39. The van der Waals surface area contributed by atoms with Crippen LogP contribution in [0.3, 0.4) is 0 Å². The molecular formula is C11H15FO. The molecule has 0 aliphatic rings. The van der Waals surface area contributed by atoms with Crippen molar-refractivity contribution in [1.82, 2.24) is 0 Å². The SMILES string of the molecule is CC(c1cccc(F)c1)C(C)(C)O. The smallest absolute Gasteiger partial charge is 0.123 e. The third-order valence-corrected chi connectivity index (χ3v) is 2.41. The Balaban J connectivity index is 2.96. The number of hydrogen-bond acceptors (Lipinski definition) is 1. The monoisotopic (exact) mass is 182 g/mol. The highest BCUT2D eigenvalue weighted by Crippen LogP contribution is 2.27. The summed E-state index contributed by atoms with van der Waals surface area (Å²) < 4.78 is 12.8. The van der Waals surface area contributed by atoms with Crippen molar-refractivity contribution in [2.45, 2.75) is 32.3 Å². The molecule has 1 aromatic rings. The Morgan fingerprint density at radius 1 is 1.38 bits per heavy atom. The van der Waals surface area contributed by atoms with Gasteiger partial charge in [-0.25, -0.2) is 4.39 Å². The molecule has 1 nitrogen and oxygen atoms in total. The van der Waals surface area contributed by atoms with E-state index >= 15 is 0 Å². The molecule has 0 saturated heterocycles. The summed E-state index contributed by atoms with van der Waals surface area (Å²) in [5, 5.41) is 9.71. The van der Waals surface area contributed by atoms with Crippen LogP contribution in [0.5, 0.6) is 0 Å². The topological polar surface area (TPSA) is 20.2 Å². The normalized spacial score (nSPS) is 14.2. The van der Waals surface area contributed by atoms with Crippen LogP contribution in [0.1, 0.15) is 32.3 Å². The minimum atomic E-state index is -0.812. The molecule has 1 unspecified atom stereocenters. The van der Waals surface area contributed by atoms with Crippen LogP contribution < -0.4 is 0 Å². The van der Waals surface area contributed by atoms with Crippen LogP contribution in [0.25, 0.3) is 0 Å². The van der Waals surface area contributed by atoms with Crippen LogP contribution in [0.15, 0.2) is 24.3 Å². The largest absolute Gasteiger partial charge is 0.390 e. The molecule has 1 rings (SSSR count). The second kappa shape index (κ2) is 3.46. The van der Waals surface area contributed by atoms with Gasteiger partial charge in [0.15, 0.2) is 0 Å². The number of halogens is 1. The van der Waals surface area contributed by atoms with Crippen molar-refractivity contribution in [2.75, 3.05) is 0 Å². The van der Waals surface area contributed by atoms with Gasteiger partial charge in [-0.05, 0) is 31.5 Å². The zero-order valence-corrected chi connectivity index (χ0v) is 8.21. The van der Waals surface area contributed by atoms with E-state index in [1.807, 2.05) is 13.0 Å². The first-order valence-electron chi connectivity index (χ1n) is 4.39. The number of benzene rings is 1. The van der Waals surface area contributed by atoms with Crippen molar-refractivity contribution in [3.05, 3.63) is 35.6 Å². The summed E-state index contributed by atoms with van der Waals surface area (Å²) in [7, 11) is 0. The first-order chi connectivity index (χ1) is 5.91. The summed E-state index contributed by atoms with van der Waals surface area (Å²) in [5.74, 6) is -0.322. The third kappa shape index (κ3) is 2.52. The molecule has 1 atom stereocenters. The zero-order valence-electron chi connectivity index (χ0n) is 8.21. The van der Waals surface area contributed by atoms with Gasteiger partial charge < -0.3 is 5.11 Å². The van der Waals surface area contributed by atoms with Gasteiger partial charge >= 0.3 is 0 Å². The molecule has 0 fully saturated rings. The average Bonchev–Trinajstić information content (AvgIpc) is 2.01. The molecule has 0 heterocycles. The molecule has 0 bridgehead atoms. The molecule has 2 heteroatoms. The van der Waals surface area contributed by atoms with E-state index in [0.717, 1.165) is 5.56 Å². The van der Waals surface area contributed by atoms with E-state index in [-0.39, 0.29) is 11.7 Å². The summed E-state index contributed by atoms with van der Waals surface area (Å²) in [5.41, 5.74) is 0.0147. The molecule has 13 heavy (non-hydrogen) atoms. The Kier molecular flexibility index (Phi) is 2.71. The van der Waals surface area contributed by atoms with Crippen LogP contribution in [0, 0.1) is 5.82 Å². The van der Waals surface area contributed by atoms with E-state index in [0.29, 0.717) is 0 Å². The quantitative estimate of drug-likeness (QED) is 0.745. The summed E-state index contributed by atoms with van der Waals surface area (Å²) in [6.07, 6.45) is 0. The van der Waals surface area contributed by atoms with Crippen molar-refractivity contribution < 1.29 is 9.50 Å². The third-order valence-electron chi connectivity index (χ3n) is 2.41. The van der Waals surface area contributed by atoms with Gasteiger partial charge in [0.2, 0.25) is 0 Å². The fourth-order valence-corrected chi connectivity index (χ4v) is 1.18. The molecular weight excluding hydrogens is 167 g/mol. The van der Waals surface area contributed by atoms with E-state index in [1.165, 1.54) is 12.1 Å². The summed E-state index contributed by atoms with van der Waals surface area (Å²) >= 11 is 0. The van der Waals surface area contributed by atoms with Gasteiger partial charge in [0.25, 0.3) is 0 Å². The highest BCUT2D eigenvalue weighted by atomic mass is 19.1. The van der Waals surface area contributed by atoms with Crippen LogP contribution in [0.4, 0.5) is 4.39 Å². The number of hydrogen-bond donors (Lipinski definition) is 1. The predicted molar refractivity (Wildman–Crippen MR) is 51.1 cm³/mol.